The molecule has 0 saturated heterocycles. The lowest BCUT2D eigenvalue weighted by Gasteiger charge is -2.02. The molecule has 4 aromatic rings. The first-order chi connectivity index (χ1) is 12.6. The Hall–Kier alpha value is -3.80. The molecule has 6 nitrogen and oxygen atoms in total. The molecule has 0 saturated carbocycles. The average molecular weight is 343 g/mol. The fourth-order valence-corrected chi connectivity index (χ4v) is 2.72. The normalized spacial score (nSPS) is 10.8. The second kappa shape index (κ2) is 6.25. The summed E-state index contributed by atoms with van der Waals surface area (Å²) >= 11 is 0. The van der Waals surface area contributed by atoms with E-state index in [1.54, 1.807) is 42.7 Å². The number of rotatable bonds is 4. The van der Waals surface area contributed by atoms with E-state index < -0.39 is 5.97 Å². The van der Waals surface area contributed by atoms with Crippen LogP contribution in [0.3, 0.4) is 0 Å². The number of hydrogen-bond donors (Lipinski definition) is 2. The molecule has 4 rings (SSSR count). The van der Waals surface area contributed by atoms with Crippen molar-refractivity contribution in [3.63, 3.8) is 0 Å². The molecule has 0 radical (unpaired) electrons. The van der Waals surface area contributed by atoms with E-state index in [-0.39, 0.29) is 11.3 Å². The Morgan fingerprint density at radius 1 is 0.846 bits per heavy atom. The standard InChI is InChI=1S/C20H13N3O3/c24-18(13-7-9-21-10-8-13)12-1-3-14(4-2-12)19-22-16-6-5-15(20(25)26)11-17(16)23-19/h1-11H,(H,22,23)(H,25,26). The number of pyridine rings is 1. The van der Waals surface area contributed by atoms with E-state index in [0.717, 1.165) is 11.1 Å². The second-order valence-corrected chi connectivity index (χ2v) is 5.76. The van der Waals surface area contributed by atoms with Crippen molar-refractivity contribution in [1.82, 2.24) is 15.0 Å². The van der Waals surface area contributed by atoms with Crippen LogP contribution in [0.15, 0.2) is 67.0 Å². The van der Waals surface area contributed by atoms with Gasteiger partial charge in [0.2, 0.25) is 0 Å². The van der Waals surface area contributed by atoms with Gasteiger partial charge in [0.1, 0.15) is 5.82 Å². The number of imidazole rings is 1. The van der Waals surface area contributed by atoms with Crippen molar-refractivity contribution < 1.29 is 14.7 Å². The maximum atomic E-state index is 12.4. The Balaban J connectivity index is 1.65. The van der Waals surface area contributed by atoms with E-state index in [0.29, 0.717) is 22.5 Å². The summed E-state index contributed by atoms with van der Waals surface area (Å²) in [7, 11) is 0. The van der Waals surface area contributed by atoms with Crippen LogP contribution in [0.5, 0.6) is 0 Å². The predicted octanol–water partition coefficient (Wildman–Crippen LogP) is 3.55. The molecule has 0 aliphatic heterocycles. The van der Waals surface area contributed by atoms with Gasteiger partial charge in [0.25, 0.3) is 0 Å². The second-order valence-electron chi connectivity index (χ2n) is 5.76. The molecule has 0 fully saturated rings. The Morgan fingerprint density at radius 3 is 2.19 bits per heavy atom. The number of benzene rings is 2. The summed E-state index contributed by atoms with van der Waals surface area (Å²) in [6.45, 7) is 0. The van der Waals surface area contributed by atoms with Crippen LogP contribution in [-0.4, -0.2) is 31.8 Å². The lowest BCUT2D eigenvalue weighted by molar-refractivity contribution is 0.0697. The lowest BCUT2D eigenvalue weighted by Crippen LogP contribution is -2.00. The van der Waals surface area contributed by atoms with E-state index in [1.165, 1.54) is 12.1 Å². The van der Waals surface area contributed by atoms with Crippen LogP contribution in [-0.2, 0) is 0 Å². The summed E-state index contributed by atoms with van der Waals surface area (Å²) in [6, 6.07) is 15.2. The van der Waals surface area contributed by atoms with Gasteiger partial charge in [-0.15, -0.1) is 0 Å². The van der Waals surface area contributed by atoms with E-state index in [9.17, 15) is 9.59 Å². The third kappa shape index (κ3) is 2.84. The van der Waals surface area contributed by atoms with Gasteiger partial charge < -0.3 is 10.1 Å². The van der Waals surface area contributed by atoms with Crippen molar-refractivity contribution in [3.8, 4) is 11.4 Å². The predicted molar refractivity (Wildman–Crippen MR) is 96.2 cm³/mol. The minimum atomic E-state index is -0.990. The molecule has 0 aliphatic carbocycles. The molecule has 2 aromatic heterocycles. The summed E-state index contributed by atoms with van der Waals surface area (Å²) in [5, 5.41) is 9.07. The first-order valence-corrected chi connectivity index (χ1v) is 7.90. The summed E-state index contributed by atoms with van der Waals surface area (Å²) in [6.07, 6.45) is 3.17. The Kier molecular flexibility index (Phi) is 3.78. The van der Waals surface area contributed by atoms with Gasteiger partial charge in [-0.2, -0.15) is 0 Å². The molecular weight excluding hydrogens is 330 g/mol. The third-order valence-electron chi connectivity index (χ3n) is 4.09. The topological polar surface area (TPSA) is 95.9 Å². The highest BCUT2D eigenvalue weighted by atomic mass is 16.4. The molecule has 0 unspecified atom stereocenters. The van der Waals surface area contributed by atoms with Gasteiger partial charge in [-0.25, -0.2) is 9.78 Å². The van der Waals surface area contributed by atoms with E-state index in [1.807, 2.05) is 12.1 Å². The molecule has 0 bridgehead atoms. The number of carbonyl (C=O) groups excluding carboxylic acids is 1. The summed E-state index contributed by atoms with van der Waals surface area (Å²) in [4.78, 5) is 35.0. The number of carboxylic acid groups (broad SMARTS) is 1. The smallest absolute Gasteiger partial charge is 0.335 e. The van der Waals surface area contributed by atoms with Gasteiger partial charge >= 0.3 is 5.97 Å². The molecule has 2 heterocycles. The molecule has 0 spiro atoms. The number of ketones is 1. The van der Waals surface area contributed by atoms with Crippen molar-refractivity contribution in [3.05, 3.63) is 83.7 Å². The van der Waals surface area contributed by atoms with Crippen molar-refractivity contribution in [2.24, 2.45) is 0 Å². The molecule has 26 heavy (non-hydrogen) atoms. The monoisotopic (exact) mass is 343 g/mol. The van der Waals surface area contributed by atoms with Crippen LogP contribution in [0.4, 0.5) is 0 Å². The maximum absolute atomic E-state index is 12.4. The Labute approximate surface area is 148 Å². The quantitative estimate of drug-likeness (QED) is 0.552. The minimum Gasteiger partial charge on any atom is -0.478 e. The highest BCUT2D eigenvalue weighted by molar-refractivity contribution is 6.09. The van der Waals surface area contributed by atoms with Gasteiger partial charge in [0.15, 0.2) is 5.78 Å². The molecule has 0 amide bonds. The number of aromatic carboxylic acids is 1. The molecule has 2 aromatic carbocycles. The van der Waals surface area contributed by atoms with Crippen molar-refractivity contribution in [2.75, 3.05) is 0 Å². The lowest BCUT2D eigenvalue weighted by atomic mass is 10.0. The van der Waals surface area contributed by atoms with Crippen LogP contribution in [0.2, 0.25) is 0 Å². The van der Waals surface area contributed by atoms with Gasteiger partial charge in [-0.1, -0.05) is 24.3 Å². The minimum absolute atomic E-state index is 0.0744. The Morgan fingerprint density at radius 2 is 1.50 bits per heavy atom. The summed E-state index contributed by atoms with van der Waals surface area (Å²) in [5.74, 6) is -0.449. The number of nitrogens with one attached hydrogen (secondary N) is 1. The highest BCUT2D eigenvalue weighted by Crippen LogP contribution is 2.22. The molecule has 0 atom stereocenters. The number of nitrogens with zero attached hydrogens (tertiary/aromatic N) is 2. The number of aromatic amines is 1. The number of carboxylic acids is 1. The Bertz CT molecular complexity index is 1120. The number of fused-ring (bicyclic) bond motifs is 1. The third-order valence-corrected chi connectivity index (χ3v) is 4.09. The van der Waals surface area contributed by atoms with Crippen molar-refractivity contribution in [2.45, 2.75) is 0 Å². The number of H-pyrrole nitrogens is 1. The molecular formula is C20H13N3O3. The van der Waals surface area contributed by atoms with Gasteiger partial charge in [-0.05, 0) is 30.3 Å². The van der Waals surface area contributed by atoms with E-state index in [4.69, 9.17) is 5.11 Å². The van der Waals surface area contributed by atoms with Crippen molar-refractivity contribution >= 4 is 22.8 Å². The van der Waals surface area contributed by atoms with Crippen LogP contribution in [0.25, 0.3) is 22.4 Å². The van der Waals surface area contributed by atoms with E-state index in [2.05, 4.69) is 15.0 Å². The van der Waals surface area contributed by atoms with Gasteiger partial charge in [0.05, 0.1) is 16.6 Å². The first-order valence-electron chi connectivity index (χ1n) is 7.90. The van der Waals surface area contributed by atoms with Gasteiger partial charge in [-0.3, -0.25) is 9.78 Å². The van der Waals surface area contributed by atoms with Crippen molar-refractivity contribution in [1.29, 1.82) is 0 Å². The average Bonchev–Trinajstić information content (AvgIpc) is 3.11. The van der Waals surface area contributed by atoms with Crippen LogP contribution < -0.4 is 0 Å². The fraction of sp³-hybridized carbons (Fsp3) is 0. The molecule has 0 aliphatic rings. The fourth-order valence-electron chi connectivity index (χ4n) is 2.72. The van der Waals surface area contributed by atoms with Crippen LogP contribution in [0.1, 0.15) is 26.3 Å². The van der Waals surface area contributed by atoms with E-state index >= 15 is 0 Å². The van der Waals surface area contributed by atoms with Gasteiger partial charge in [0, 0.05) is 29.1 Å². The van der Waals surface area contributed by atoms with Crippen LogP contribution in [0, 0.1) is 0 Å². The maximum Gasteiger partial charge on any atom is 0.335 e. The largest absolute Gasteiger partial charge is 0.478 e. The number of carbonyl (C=O) groups is 2. The zero-order valence-electron chi connectivity index (χ0n) is 13.5. The summed E-state index contributed by atoms with van der Waals surface area (Å²) in [5.41, 5.74) is 3.49. The number of aromatic nitrogens is 3. The molecule has 2 N–H and O–H groups in total. The van der Waals surface area contributed by atoms with Crippen LogP contribution >= 0.6 is 0 Å². The molecule has 6 heteroatoms. The first kappa shape index (κ1) is 15.7. The summed E-state index contributed by atoms with van der Waals surface area (Å²) < 4.78 is 0. The number of hydrogen-bond acceptors (Lipinski definition) is 4. The zero-order valence-corrected chi connectivity index (χ0v) is 13.5. The highest BCUT2D eigenvalue weighted by Gasteiger charge is 2.11. The zero-order chi connectivity index (χ0) is 18.1. The molecule has 126 valence electrons. The SMILES string of the molecule is O=C(O)c1ccc2[nH]c(-c3ccc(C(=O)c4ccncc4)cc3)nc2c1.